The summed E-state index contributed by atoms with van der Waals surface area (Å²) in [6.07, 6.45) is 6.71. The number of amides is 1. The summed E-state index contributed by atoms with van der Waals surface area (Å²) in [6, 6.07) is 10.5. The van der Waals surface area contributed by atoms with E-state index in [0.717, 1.165) is 23.7 Å². The number of aliphatic carboxylic acids is 1. The van der Waals surface area contributed by atoms with Gasteiger partial charge in [0.25, 0.3) is 5.91 Å². The number of carbonyl (C=O) groups is 2. The Balaban J connectivity index is 1.49. The van der Waals surface area contributed by atoms with E-state index in [1.165, 1.54) is 6.42 Å². The third-order valence-corrected chi connectivity index (χ3v) is 4.67. The van der Waals surface area contributed by atoms with Gasteiger partial charge >= 0.3 is 5.97 Å². The number of pyridine rings is 1. The quantitative estimate of drug-likeness (QED) is 0.699. The third-order valence-electron chi connectivity index (χ3n) is 4.67. The molecule has 0 unspecified atom stereocenters. The van der Waals surface area contributed by atoms with E-state index in [2.05, 4.69) is 10.3 Å². The number of nitrogens with zero attached hydrogens (tertiary/aromatic N) is 2. The molecule has 7 nitrogen and oxygen atoms in total. The smallest absolute Gasteiger partial charge is 0.323 e. The van der Waals surface area contributed by atoms with Crippen LogP contribution in [0, 0.1) is 0 Å². The van der Waals surface area contributed by atoms with E-state index in [1.807, 2.05) is 12.1 Å². The van der Waals surface area contributed by atoms with Crippen molar-refractivity contribution in [3.05, 3.63) is 54.4 Å². The average Bonchev–Trinajstić information content (AvgIpc) is 3.00. The number of hydrogen-bond donors (Lipinski definition) is 2. The van der Waals surface area contributed by atoms with Crippen molar-refractivity contribution in [3.8, 4) is 5.88 Å². The van der Waals surface area contributed by atoms with Gasteiger partial charge in [0, 0.05) is 40.6 Å². The monoisotopic (exact) mass is 365 g/mol. The summed E-state index contributed by atoms with van der Waals surface area (Å²) in [5.74, 6) is -0.684. The van der Waals surface area contributed by atoms with Crippen LogP contribution in [-0.2, 0) is 11.3 Å². The zero-order valence-corrected chi connectivity index (χ0v) is 14.6. The van der Waals surface area contributed by atoms with Crippen LogP contribution in [0.5, 0.6) is 5.88 Å². The van der Waals surface area contributed by atoms with Crippen molar-refractivity contribution in [1.29, 1.82) is 0 Å². The zero-order chi connectivity index (χ0) is 18.8. The number of fused-ring (bicyclic) bond motifs is 1. The van der Waals surface area contributed by atoms with Gasteiger partial charge in [-0.3, -0.25) is 9.59 Å². The van der Waals surface area contributed by atoms with E-state index in [4.69, 9.17) is 9.84 Å². The highest BCUT2D eigenvalue weighted by atomic mass is 16.5. The molecule has 0 atom stereocenters. The molecule has 0 spiro atoms. The van der Waals surface area contributed by atoms with Crippen LogP contribution in [0.15, 0.2) is 48.8 Å². The second-order valence-electron chi connectivity index (χ2n) is 6.62. The van der Waals surface area contributed by atoms with Crippen LogP contribution in [0.3, 0.4) is 0 Å². The van der Waals surface area contributed by atoms with Crippen molar-refractivity contribution < 1.29 is 19.4 Å². The van der Waals surface area contributed by atoms with Crippen LogP contribution < -0.4 is 10.1 Å². The van der Waals surface area contributed by atoms with Gasteiger partial charge in [-0.1, -0.05) is 0 Å². The molecule has 1 amide bonds. The molecule has 0 radical (unpaired) electrons. The molecule has 1 aliphatic carbocycles. The maximum absolute atomic E-state index is 12.5. The van der Waals surface area contributed by atoms with Crippen LogP contribution in [-0.4, -0.2) is 32.6 Å². The lowest BCUT2D eigenvalue weighted by Crippen LogP contribution is -2.25. The summed E-state index contributed by atoms with van der Waals surface area (Å²) < 4.78 is 7.39. The summed E-state index contributed by atoms with van der Waals surface area (Å²) in [7, 11) is 0. The molecule has 1 saturated carbocycles. The summed E-state index contributed by atoms with van der Waals surface area (Å²) >= 11 is 0. The van der Waals surface area contributed by atoms with Gasteiger partial charge in [-0.2, -0.15) is 0 Å². The number of benzene rings is 1. The third kappa shape index (κ3) is 3.76. The molecule has 2 N–H and O–H groups in total. The second kappa shape index (κ2) is 7.11. The van der Waals surface area contributed by atoms with Crippen LogP contribution in [0.25, 0.3) is 10.9 Å². The van der Waals surface area contributed by atoms with Gasteiger partial charge in [0.1, 0.15) is 12.6 Å². The van der Waals surface area contributed by atoms with Crippen molar-refractivity contribution >= 4 is 28.5 Å². The first-order valence-electron chi connectivity index (χ1n) is 8.83. The Labute approximate surface area is 155 Å². The molecule has 3 aromatic rings. The number of carbonyl (C=O) groups excluding carboxylic acids is 1. The minimum absolute atomic E-state index is 0.101. The van der Waals surface area contributed by atoms with Gasteiger partial charge in [0.05, 0.1) is 0 Å². The fourth-order valence-electron chi connectivity index (χ4n) is 3.04. The molecule has 1 aliphatic rings. The van der Waals surface area contributed by atoms with E-state index in [9.17, 15) is 9.59 Å². The summed E-state index contributed by atoms with van der Waals surface area (Å²) in [6.45, 7) is -0.101. The molecule has 2 heterocycles. The number of carboxylic acid groups (broad SMARTS) is 1. The highest BCUT2D eigenvalue weighted by Crippen LogP contribution is 2.25. The van der Waals surface area contributed by atoms with Gasteiger partial charge in [0.2, 0.25) is 5.88 Å². The Hall–Kier alpha value is -3.35. The Morgan fingerprint density at radius 3 is 2.81 bits per heavy atom. The number of nitrogens with one attached hydrogen (secondary N) is 1. The second-order valence-corrected chi connectivity index (χ2v) is 6.62. The van der Waals surface area contributed by atoms with Gasteiger partial charge in [0.15, 0.2) is 0 Å². The molecular weight excluding hydrogens is 346 g/mol. The largest absolute Gasteiger partial charge is 0.480 e. The molecule has 4 rings (SSSR count). The van der Waals surface area contributed by atoms with E-state index < -0.39 is 5.97 Å². The van der Waals surface area contributed by atoms with Crippen molar-refractivity contribution in [1.82, 2.24) is 9.55 Å². The fraction of sp³-hybridized carbons (Fsp3) is 0.250. The summed E-state index contributed by atoms with van der Waals surface area (Å²) in [5, 5.41) is 12.7. The normalized spacial score (nSPS) is 13.9. The molecule has 0 saturated heterocycles. The van der Waals surface area contributed by atoms with E-state index >= 15 is 0 Å². The minimum Gasteiger partial charge on any atom is -0.480 e. The fourth-order valence-corrected chi connectivity index (χ4v) is 3.04. The summed E-state index contributed by atoms with van der Waals surface area (Å²) in [5.41, 5.74) is 1.91. The Morgan fingerprint density at radius 1 is 1.22 bits per heavy atom. The van der Waals surface area contributed by atoms with Crippen molar-refractivity contribution in [3.63, 3.8) is 0 Å². The standard InChI is InChI=1S/C20H19N3O4/c24-19(25)12-23-9-7-13-10-15(4-5-17(13)23)22-20(26)14-6-8-21-18(11-14)27-16-2-1-3-16/h4-11,16H,1-3,12H2,(H,22,26)(H,24,25). The Morgan fingerprint density at radius 2 is 2.07 bits per heavy atom. The molecule has 1 fully saturated rings. The molecule has 0 bridgehead atoms. The topological polar surface area (TPSA) is 93.5 Å². The maximum Gasteiger partial charge on any atom is 0.323 e. The molecule has 138 valence electrons. The first kappa shape index (κ1) is 17.1. The number of hydrogen-bond acceptors (Lipinski definition) is 4. The van der Waals surface area contributed by atoms with E-state index in [1.54, 1.807) is 41.2 Å². The predicted molar refractivity (Wildman–Crippen MR) is 100 cm³/mol. The zero-order valence-electron chi connectivity index (χ0n) is 14.6. The van der Waals surface area contributed by atoms with Crippen molar-refractivity contribution in [2.75, 3.05) is 5.32 Å². The van der Waals surface area contributed by atoms with Crippen LogP contribution in [0.4, 0.5) is 5.69 Å². The van der Waals surface area contributed by atoms with Crippen molar-refractivity contribution in [2.24, 2.45) is 0 Å². The maximum atomic E-state index is 12.5. The number of carboxylic acids is 1. The van der Waals surface area contributed by atoms with Crippen molar-refractivity contribution in [2.45, 2.75) is 31.9 Å². The Kier molecular flexibility index (Phi) is 4.50. The average molecular weight is 365 g/mol. The molecule has 7 heteroatoms. The first-order chi connectivity index (χ1) is 13.1. The van der Waals surface area contributed by atoms with Crippen LogP contribution >= 0.6 is 0 Å². The van der Waals surface area contributed by atoms with E-state index in [-0.39, 0.29) is 18.6 Å². The summed E-state index contributed by atoms with van der Waals surface area (Å²) in [4.78, 5) is 27.6. The lowest BCUT2D eigenvalue weighted by molar-refractivity contribution is -0.137. The lowest BCUT2D eigenvalue weighted by atomic mass is 9.96. The number of anilines is 1. The number of aromatic nitrogens is 2. The highest BCUT2D eigenvalue weighted by molar-refractivity contribution is 6.05. The Bertz CT molecular complexity index is 1010. The molecule has 2 aromatic heterocycles. The molecule has 1 aromatic carbocycles. The van der Waals surface area contributed by atoms with Gasteiger partial charge in [-0.15, -0.1) is 0 Å². The molecule has 0 aliphatic heterocycles. The van der Waals surface area contributed by atoms with Crippen LogP contribution in [0.1, 0.15) is 29.6 Å². The minimum atomic E-state index is -0.900. The predicted octanol–water partition coefficient (Wildman–Crippen LogP) is 3.30. The molecular formula is C20H19N3O4. The van der Waals surface area contributed by atoms with Gasteiger partial charge in [-0.25, -0.2) is 4.98 Å². The SMILES string of the molecule is O=C(O)Cn1ccc2cc(NC(=O)c3ccnc(OC4CCC4)c3)ccc21. The molecule has 27 heavy (non-hydrogen) atoms. The number of ether oxygens (including phenoxy) is 1. The van der Waals surface area contributed by atoms with Gasteiger partial charge in [-0.05, 0) is 49.6 Å². The lowest BCUT2D eigenvalue weighted by Gasteiger charge is -2.25. The van der Waals surface area contributed by atoms with Crippen LogP contribution in [0.2, 0.25) is 0 Å². The van der Waals surface area contributed by atoms with Gasteiger partial charge < -0.3 is 19.7 Å². The van der Waals surface area contributed by atoms with E-state index in [0.29, 0.717) is 17.1 Å². The highest BCUT2D eigenvalue weighted by Gasteiger charge is 2.20. The first-order valence-corrected chi connectivity index (χ1v) is 8.83. The number of rotatable bonds is 6.